The third kappa shape index (κ3) is 22.8. The maximum absolute atomic E-state index is 13.2. The van der Waals surface area contributed by atoms with Gasteiger partial charge in [0, 0.05) is 13.3 Å². The molecule has 2 aromatic carbocycles. The van der Waals surface area contributed by atoms with Crippen LogP contribution in [0.25, 0.3) is 0 Å². The molecule has 9 fully saturated rings. The summed E-state index contributed by atoms with van der Waals surface area (Å²) in [6, 6.07) is 13.1. The average Bonchev–Trinajstić information content (AvgIpc) is 1.60. The van der Waals surface area contributed by atoms with Crippen LogP contribution in [0.3, 0.4) is 0 Å². The van der Waals surface area contributed by atoms with Gasteiger partial charge in [-0.05, 0) is 203 Å². The molecule has 2 aromatic rings. The van der Waals surface area contributed by atoms with E-state index < -0.39 is 17.9 Å². The topological polar surface area (TPSA) is 183 Å². The zero-order valence-electron chi connectivity index (χ0n) is 60.8. The van der Waals surface area contributed by atoms with E-state index in [1.54, 1.807) is 42.5 Å². The van der Waals surface area contributed by atoms with Crippen molar-refractivity contribution in [1.29, 1.82) is 0 Å². The fourth-order valence-corrected chi connectivity index (χ4v) is 20.1. The van der Waals surface area contributed by atoms with E-state index in [4.69, 9.17) is 37.9 Å². The van der Waals surface area contributed by atoms with E-state index in [1.807, 2.05) is 0 Å². The summed E-state index contributed by atoms with van der Waals surface area (Å²) in [6.07, 6.45) is 49.0. The number of carbonyl (C=O) groups is 6. The van der Waals surface area contributed by atoms with Crippen molar-refractivity contribution in [2.24, 2.45) is 82.9 Å². The van der Waals surface area contributed by atoms with Crippen LogP contribution < -0.4 is 0 Å². The molecule has 0 aromatic heterocycles. The van der Waals surface area contributed by atoms with Crippen molar-refractivity contribution in [3.63, 3.8) is 0 Å². The lowest BCUT2D eigenvalue weighted by molar-refractivity contribution is -0.146. The van der Waals surface area contributed by atoms with Crippen molar-refractivity contribution in [1.82, 2.24) is 0 Å². The summed E-state index contributed by atoms with van der Waals surface area (Å²) in [5, 5.41) is 0. The molecule has 98 heavy (non-hydrogen) atoms. The van der Waals surface area contributed by atoms with Gasteiger partial charge < -0.3 is 37.9 Å². The summed E-state index contributed by atoms with van der Waals surface area (Å²) in [7, 11) is 0. The van der Waals surface area contributed by atoms with Gasteiger partial charge in [-0.25, -0.2) is 19.2 Å². The molecule has 14 nitrogen and oxygen atoms in total. The Hall–Kier alpha value is -4.82. The van der Waals surface area contributed by atoms with Crippen molar-refractivity contribution in [3.8, 4) is 0 Å². The van der Waals surface area contributed by atoms with Gasteiger partial charge in [-0.15, -0.1) is 0 Å². The SMILES string of the molecule is CC(=O)OCC1CC2CC1C1CC(OC(=O)c3cccc(C(=O)OCC4CO4)c3)CC21.CCCCCCCCCC1CCC(CCCCCCCC)C(CCCCCC)C1CCCCCCCCC(=O)OCC1CC2CC1C1CC(OC(=O)c3cccc(C(=O)OCC4CO4)c3)CC21. The van der Waals surface area contributed by atoms with Gasteiger partial charge in [0.1, 0.15) is 37.6 Å². The highest BCUT2D eigenvalue weighted by Gasteiger charge is 2.58. The lowest BCUT2D eigenvalue weighted by Crippen LogP contribution is -2.35. The van der Waals surface area contributed by atoms with Crippen molar-refractivity contribution >= 4 is 35.8 Å². The first-order chi connectivity index (χ1) is 47.9. The summed E-state index contributed by atoms with van der Waals surface area (Å²) in [5.74, 6) is 7.44. The third-order valence-electron chi connectivity index (χ3n) is 25.2. The Labute approximate surface area is 589 Å². The van der Waals surface area contributed by atoms with Gasteiger partial charge in [0.2, 0.25) is 0 Å². The molecule has 18 atom stereocenters. The monoisotopic (exact) mass is 1360 g/mol. The lowest BCUT2D eigenvalue weighted by atomic mass is 9.61. The van der Waals surface area contributed by atoms with Gasteiger partial charge in [0.15, 0.2) is 0 Å². The molecule has 546 valence electrons. The highest BCUT2D eigenvalue weighted by atomic mass is 16.6. The minimum absolute atomic E-state index is 0.00262. The summed E-state index contributed by atoms with van der Waals surface area (Å²) < 4.78 is 43.8. The molecule has 4 bridgehead atoms. The largest absolute Gasteiger partial charge is 0.466 e. The molecular formula is C84H126O14. The number of hydrogen-bond donors (Lipinski definition) is 0. The Morgan fingerprint density at radius 1 is 0.378 bits per heavy atom. The normalized spacial score (nSPS) is 30.4. The zero-order chi connectivity index (χ0) is 68.6. The maximum Gasteiger partial charge on any atom is 0.338 e. The van der Waals surface area contributed by atoms with Gasteiger partial charge >= 0.3 is 35.8 Å². The fraction of sp³-hybridized carbons (Fsp3) is 0.786. The van der Waals surface area contributed by atoms with E-state index in [2.05, 4.69) is 20.8 Å². The van der Waals surface area contributed by atoms with Crippen LogP contribution in [-0.2, 0) is 47.5 Å². The fourth-order valence-electron chi connectivity index (χ4n) is 20.1. The van der Waals surface area contributed by atoms with Crippen LogP contribution in [0.5, 0.6) is 0 Å². The Morgan fingerprint density at radius 3 is 1.16 bits per heavy atom. The van der Waals surface area contributed by atoms with Crippen LogP contribution in [0.2, 0.25) is 0 Å². The molecular weight excluding hydrogens is 1230 g/mol. The number of unbranched alkanes of at least 4 members (excludes halogenated alkanes) is 19. The average molecular weight is 1360 g/mol. The highest BCUT2D eigenvalue weighted by Crippen LogP contribution is 2.63. The van der Waals surface area contributed by atoms with E-state index in [-0.39, 0.29) is 55.5 Å². The van der Waals surface area contributed by atoms with Crippen LogP contribution in [0.4, 0.5) is 0 Å². The van der Waals surface area contributed by atoms with Crippen LogP contribution in [0.1, 0.15) is 313 Å². The molecule has 0 radical (unpaired) electrons. The molecule has 2 saturated heterocycles. The minimum atomic E-state index is -0.462. The number of ether oxygens (including phenoxy) is 8. The molecule has 18 unspecified atom stereocenters. The Balaban J connectivity index is 0.000000277. The van der Waals surface area contributed by atoms with E-state index in [1.165, 1.54) is 199 Å². The number of rotatable bonds is 43. The van der Waals surface area contributed by atoms with Gasteiger partial charge in [0.05, 0.1) is 48.7 Å². The van der Waals surface area contributed by atoms with Crippen molar-refractivity contribution in [2.45, 2.75) is 296 Å². The minimum Gasteiger partial charge on any atom is -0.466 e. The summed E-state index contributed by atoms with van der Waals surface area (Å²) in [5.41, 5.74) is 1.44. The molecule has 9 aliphatic rings. The first-order valence-electron chi connectivity index (χ1n) is 40.3. The number of hydrogen-bond acceptors (Lipinski definition) is 14. The van der Waals surface area contributed by atoms with E-state index in [0.717, 1.165) is 75.0 Å². The number of esters is 6. The third-order valence-corrected chi connectivity index (χ3v) is 25.2. The molecule has 0 amide bonds. The Morgan fingerprint density at radius 2 is 0.745 bits per heavy atom. The van der Waals surface area contributed by atoms with Gasteiger partial charge in [-0.2, -0.15) is 0 Å². The molecule has 11 rings (SSSR count). The van der Waals surface area contributed by atoms with E-state index in [0.29, 0.717) is 114 Å². The lowest BCUT2D eigenvalue weighted by Gasteiger charge is -2.44. The summed E-state index contributed by atoms with van der Waals surface area (Å²) >= 11 is 0. The standard InChI is InChI=1S/C60H98O7.C24H28O7/c1-4-7-10-13-15-19-23-29-46-36-35-45(28-22-18-14-11-8-5-2)53(32-24-12-9-6-3)54(46)33-25-20-16-17-21-26-34-58(61)65-42-50-38-49-39-55(50)57-41-51(40-56(49)57)67-60(63)48-31-27-30-47(37-48)59(62)66-44-52-43-64-52;1-13(25)28-10-17-6-16-7-20(17)22-9-18(8-21(16)22)31-24(27)15-4-2-3-14(5-15)23(26)30-12-19-11-29-19/h27,30-31,37,45-46,49-57H,4-26,28-29,32-36,38-44H2,1-3H3;2-5,16-22H,6-12H2,1H3. The summed E-state index contributed by atoms with van der Waals surface area (Å²) in [4.78, 5) is 74.7. The quantitative estimate of drug-likeness (QED) is 0.0264. The van der Waals surface area contributed by atoms with Crippen molar-refractivity contribution in [3.05, 3.63) is 70.8 Å². The van der Waals surface area contributed by atoms with Crippen LogP contribution >= 0.6 is 0 Å². The molecule has 14 heteroatoms. The van der Waals surface area contributed by atoms with Crippen LogP contribution in [0.15, 0.2) is 48.5 Å². The number of carbonyl (C=O) groups excluding carboxylic acids is 6. The highest BCUT2D eigenvalue weighted by molar-refractivity contribution is 5.96. The van der Waals surface area contributed by atoms with E-state index >= 15 is 0 Å². The first-order valence-corrected chi connectivity index (χ1v) is 40.3. The second-order valence-electron chi connectivity index (χ2n) is 32.1. The number of benzene rings is 2. The number of epoxide rings is 2. The molecule has 2 aliphatic heterocycles. The summed E-state index contributed by atoms with van der Waals surface area (Å²) in [6.45, 7) is 11.2. The number of fused-ring (bicyclic) bond motifs is 10. The maximum atomic E-state index is 13.2. The Bertz CT molecular complexity index is 2790. The molecule has 7 saturated carbocycles. The molecule has 2 heterocycles. The van der Waals surface area contributed by atoms with Gasteiger partial charge in [0.25, 0.3) is 0 Å². The van der Waals surface area contributed by atoms with E-state index in [9.17, 15) is 28.8 Å². The second kappa shape index (κ2) is 39.6. The zero-order valence-corrected chi connectivity index (χ0v) is 60.8. The molecule has 0 N–H and O–H groups in total. The molecule has 7 aliphatic carbocycles. The Kier molecular flexibility index (Phi) is 30.6. The van der Waals surface area contributed by atoms with Gasteiger partial charge in [-0.1, -0.05) is 187 Å². The van der Waals surface area contributed by atoms with Crippen LogP contribution in [0, 0.1) is 82.9 Å². The predicted molar refractivity (Wildman–Crippen MR) is 380 cm³/mol. The van der Waals surface area contributed by atoms with Crippen molar-refractivity contribution in [2.75, 3.05) is 39.6 Å². The molecule has 0 spiro atoms. The smallest absolute Gasteiger partial charge is 0.338 e. The van der Waals surface area contributed by atoms with Crippen LogP contribution in [-0.4, -0.2) is 99.9 Å². The second-order valence-corrected chi connectivity index (χ2v) is 32.1. The van der Waals surface area contributed by atoms with Crippen molar-refractivity contribution < 1.29 is 66.7 Å². The first kappa shape index (κ1) is 75.8. The van der Waals surface area contributed by atoms with Gasteiger partial charge in [-0.3, -0.25) is 9.59 Å². The predicted octanol–water partition coefficient (Wildman–Crippen LogP) is 19.2.